The van der Waals surface area contributed by atoms with Crippen LogP contribution in [0.4, 0.5) is 0 Å². The molecule has 5 rings (SSSR count). The van der Waals surface area contributed by atoms with Gasteiger partial charge in [0, 0.05) is 10.6 Å². The van der Waals surface area contributed by atoms with Crippen LogP contribution in [-0.2, 0) is 19.1 Å². The number of imide groups is 1. The summed E-state index contributed by atoms with van der Waals surface area (Å²) in [6, 6.07) is 16.4. The molecule has 164 valence electrons. The van der Waals surface area contributed by atoms with Crippen molar-refractivity contribution in [1.82, 2.24) is 4.90 Å². The maximum Gasteiger partial charge on any atom is 0.326 e. The molecule has 0 N–H and O–H groups in total. The molecule has 3 aliphatic rings. The molecular weight excluding hydrogens is 430 g/mol. The Kier molecular flexibility index (Phi) is 5.33. The van der Waals surface area contributed by atoms with Gasteiger partial charge in [0.25, 0.3) is 0 Å². The lowest BCUT2D eigenvalue weighted by Crippen LogP contribution is -2.38. The molecule has 7 heteroatoms. The molecular formula is C25H22ClNO5. The maximum absolute atomic E-state index is 13.1. The van der Waals surface area contributed by atoms with Crippen LogP contribution in [0.25, 0.3) is 0 Å². The highest BCUT2D eigenvalue weighted by Crippen LogP contribution is 2.61. The second kappa shape index (κ2) is 8.17. The first-order valence-corrected chi connectivity index (χ1v) is 11.2. The van der Waals surface area contributed by atoms with E-state index in [0.29, 0.717) is 10.6 Å². The number of hydrogen-bond donors (Lipinski definition) is 0. The van der Waals surface area contributed by atoms with Crippen molar-refractivity contribution in [2.45, 2.75) is 18.8 Å². The minimum absolute atomic E-state index is 0.122. The number of benzene rings is 2. The lowest BCUT2D eigenvalue weighted by Gasteiger charge is -2.28. The van der Waals surface area contributed by atoms with E-state index < -0.39 is 19.1 Å². The topological polar surface area (TPSA) is 80.8 Å². The summed E-state index contributed by atoms with van der Waals surface area (Å²) in [7, 11) is 0. The van der Waals surface area contributed by atoms with Gasteiger partial charge in [-0.15, -0.1) is 0 Å². The number of ether oxygens (including phenoxy) is 1. The van der Waals surface area contributed by atoms with E-state index in [0.717, 1.165) is 17.7 Å². The second-order valence-electron chi connectivity index (χ2n) is 8.82. The SMILES string of the molecule is O=C(CN1C(=O)C2C3CC(c4ccccc4)C(C3)C2C1=O)OCC(=O)c1ccc(Cl)cc1. The number of carbonyl (C=O) groups excluding carboxylic acids is 4. The van der Waals surface area contributed by atoms with Crippen molar-refractivity contribution in [3.63, 3.8) is 0 Å². The fourth-order valence-corrected chi connectivity index (χ4v) is 5.93. The number of fused-ring (bicyclic) bond motifs is 5. The third kappa shape index (κ3) is 3.52. The monoisotopic (exact) mass is 451 g/mol. The molecule has 2 saturated carbocycles. The Hall–Kier alpha value is -2.99. The van der Waals surface area contributed by atoms with Gasteiger partial charge in [-0.1, -0.05) is 41.9 Å². The van der Waals surface area contributed by atoms with E-state index in [4.69, 9.17) is 16.3 Å². The highest BCUT2D eigenvalue weighted by Gasteiger charge is 2.64. The summed E-state index contributed by atoms with van der Waals surface area (Å²) in [5.41, 5.74) is 1.57. The summed E-state index contributed by atoms with van der Waals surface area (Å²) in [6.07, 6.45) is 1.77. The predicted molar refractivity (Wildman–Crippen MR) is 116 cm³/mol. The summed E-state index contributed by atoms with van der Waals surface area (Å²) < 4.78 is 5.06. The van der Waals surface area contributed by atoms with Crippen molar-refractivity contribution < 1.29 is 23.9 Å². The third-order valence-corrected chi connectivity index (χ3v) is 7.40. The van der Waals surface area contributed by atoms with E-state index in [1.54, 1.807) is 24.3 Å². The number of Topliss-reactive ketones (excluding diaryl/α,β-unsaturated/α-hetero) is 1. The lowest BCUT2D eigenvalue weighted by atomic mass is 9.73. The summed E-state index contributed by atoms with van der Waals surface area (Å²) in [4.78, 5) is 51.6. The van der Waals surface area contributed by atoms with Crippen LogP contribution in [0.1, 0.15) is 34.7 Å². The molecule has 2 aromatic carbocycles. The first kappa shape index (κ1) is 20.9. The fourth-order valence-electron chi connectivity index (χ4n) is 5.80. The van der Waals surface area contributed by atoms with Gasteiger partial charge in [-0.25, -0.2) is 0 Å². The number of hydrogen-bond acceptors (Lipinski definition) is 5. The smallest absolute Gasteiger partial charge is 0.326 e. The second-order valence-corrected chi connectivity index (χ2v) is 9.25. The van der Waals surface area contributed by atoms with Gasteiger partial charge < -0.3 is 4.74 Å². The van der Waals surface area contributed by atoms with E-state index in [-0.39, 0.29) is 47.2 Å². The van der Waals surface area contributed by atoms with Gasteiger partial charge in [-0.3, -0.25) is 24.1 Å². The van der Waals surface area contributed by atoms with Gasteiger partial charge >= 0.3 is 5.97 Å². The zero-order valence-electron chi connectivity index (χ0n) is 17.3. The van der Waals surface area contributed by atoms with Gasteiger partial charge in [-0.05, 0) is 60.4 Å². The van der Waals surface area contributed by atoms with Gasteiger partial charge in [0.1, 0.15) is 6.54 Å². The Morgan fingerprint density at radius 2 is 1.62 bits per heavy atom. The molecule has 5 atom stereocenters. The van der Waals surface area contributed by atoms with Crippen molar-refractivity contribution in [3.05, 3.63) is 70.7 Å². The van der Waals surface area contributed by atoms with Crippen LogP contribution in [0.2, 0.25) is 5.02 Å². The van der Waals surface area contributed by atoms with Gasteiger partial charge in [0.2, 0.25) is 11.8 Å². The number of halogens is 1. The zero-order valence-corrected chi connectivity index (χ0v) is 18.0. The van der Waals surface area contributed by atoms with Crippen LogP contribution in [0.15, 0.2) is 54.6 Å². The number of nitrogens with zero attached hydrogens (tertiary/aromatic N) is 1. The first-order chi connectivity index (χ1) is 15.4. The Morgan fingerprint density at radius 3 is 2.34 bits per heavy atom. The molecule has 3 fully saturated rings. The minimum atomic E-state index is -0.763. The van der Waals surface area contributed by atoms with E-state index in [1.165, 1.54) is 5.56 Å². The Balaban J connectivity index is 1.22. The van der Waals surface area contributed by atoms with E-state index in [9.17, 15) is 19.2 Å². The molecule has 1 heterocycles. The van der Waals surface area contributed by atoms with Gasteiger partial charge in [0.05, 0.1) is 11.8 Å². The number of rotatable bonds is 6. The zero-order chi connectivity index (χ0) is 22.4. The normalized spacial score (nSPS) is 28.2. The molecule has 32 heavy (non-hydrogen) atoms. The Bertz CT molecular complexity index is 1080. The standard InChI is InChI=1S/C25H22ClNO5/c26-17-8-6-15(7-9-17)20(28)13-32-21(29)12-27-24(30)22-16-10-18(14-4-2-1-3-5-14)19(11-16)23(22)25(27)31/h1-9,16,18-19,22-23H,10-13H2. The molecule has 0 radical (unpaired) electrons. The molecule has 2 aromatic rings. The van der Waals surface area contributed by atoms with Gasteiger partial charge in [0.15, 0.2) is 12.4 Å². The number of amides is 2. The van der Waals surface area contributed by atoms with Crippen molar-refractivity contribution in [3.8, 4) is 0 Å². The molecule has 2 amide bonds. The van der Waals surface area contributed by atoms with Crippen molar-refractivity contribution in [2.24, 2.45) is 23.7 Å². The van der Waals surface area contributed by atoms with Crippen LogP contribution in [0.5, 0.6) is 0 Å². The first-order valence-electron chi connectivity index (χ1n) is 10.8. The summed E-state index contributed by atoms with van der Waals surface area (Å²) in [5, 5.41) is 0.499. The molecule has 5 unspecified atom stereocenters. The number of likely N-dealkylation sites (tertiary alicyclic amines) is 1. The molecule has 2 bridgehead atoms. The number of carbonyl (C=O) groups is 4. The molecule has 0 spiro atoms. The largest absolute Gasteiger partial charge is 0.456 e. The lowest BCUT2D eigenvalue weighted by molar-refractivity contribution is -0.152. The number of esters is 1. The van der Waals surface area contributed by atoms with Gasteiger partial charge in [-0.2, -0.15) is 0 Å². The highest BCUT2D eigenvalue weighted by molar-refractivity contribution is 6.30. The van der Waals surface area contributed by atoms with Crippen molar-refractivity contribution in [1.29, 1.82) is 0 Å². The molecule has 6 nitrogen and oxygen atoms in total. The van der Waals surface area contributed by atoms with Crippen LogP contribution in [0.3, 0.4) is 0 Å². The van der Waals surface area contributed by atoms with E-state index in [2.05, 4.69) is 12.1 Å². The third-order valence-electron chi connectivity index (χ3n) is 7.15. The molecule has 1 saturated heterocycles. The van der Waals surface area contributed by atoms with Crippen LogP contribution in [-0.4, -0.2) is 41.6 Å². The summed E-state index contributed by atoms with van der Waals surface area (Å²) in [6.45, 7) is -0.904. The minimum Gasteiger partial charge on any atom is -0.456 e. The van der Waals surface area contributed by atoms with E-state index >= 15 is 0 Å². The molecule has 0 aromatic heterocycles. The van der Waals surface area contributed by atoms with Crippen molar-refractivity contribution in [2.75, 3.05) is 13.2 Å². The average Bonchev–Trinajstić information content (AvgIpc) is 3.46. The Labute approximate surface area is 190 Å². The summed E-state index contributed by atoms with van der Waals surface area (Å²) in [5.74, 6) is -1.85. The quantitative estimate of drug-likeness (QED) is 0.381. The van der Waals surface area contributed by atoms with Crippen LogP contribution >= 0.6 is 11.6 Å². The maximum atomic E-state index is 13.1. The number of ketones is 1. The highest BCUT2D eigenvalue weighted by atomic mass is 35.5. The Morgan fingerprint density at radius 1 is 0.938 bits per heavy atom. The van der Waals surface area contributed by atoms with Crippen molar-refractivity contribution >= 4 is 35.2 Å². The summed E-state index contributed by atoms with van der Waals surface area (Å²) >= 11 is 5.81. The average molecular weight is 452 g/mol. The molecule has 1 aliphatic heterocycles. The predicted octanol–water partition coefficient (Wildman–Crippen LogP) is 3.49. The fraction of sp³-hybridized carbons (Fsp3) is 0.360. The van der Waals surface area contributed by atoms with Crippen LogP contribution < -0.4 is 0 Å². The van der Waals surface area contributed by atoms with E-state index in [1.807, 2.05) is 18.2 Å². The molecule has 2 aliphatic carbocycles. The van der Waals surface area contributed by atoms with Crippen LogP contribution in [0, 0.1) is 23.7 Å².